The van der Waals surface area contributed by atoms with Crippen molar-refractivity contribution in [3.8, 4) is 11.5 Å². The molecule has 0 N–H and O–H groups in total. The van der Waals surface area contributed by atoms with E-state index in [1.54, 1.807) is 0 Å². The lowest BCUT2D eigenvalue weighted by Crippen LogP contribution is -2.31. The minimum atomic E-state index is -0.466. The van der Waals surface area contributed by atoms with Crippen molar-refractivity contribution in [2.75, 3.05) is 0 Å². The molecule has 192 valence electrons. The first kappa shape index (κ1) is 27.5. The van der Waals surface area contributed by atoms with Gasteiger partial charge in [0.25, 0.3) is 0 Å². The lowest BCUT2D eigenvalue weighted by Gasteiger charge is -2.33. The second kappa shape index (κ2) is 11.3. The standard InChI is InChI=1S/C33H42O3/c1-8-31(5,9-2)30(34)35-28-21-17-26(18-22-28)33(7,25-15-13-12-14-16-25)27-19-23-29(24-20-27)36-32(6,10-3)11-4/h12-24H,8-11H2,1-7H3. The van der Waals surface area contributed by atoms with E-state index in [4.69, 9.17) is 9.47 Å². The zero-order valence-electron chi connectivity index (χ0n) is 23.1. The average molecular weight is 487 g/mol. The molecular formula is C33H42O3. The number of carbonyl (C=O) groups is 1. The Morgan fingerprint density at radius 3 is 1.50 bits per heavy atom. The van der Waals surface area contributed by atoms with Crippen LogP contribution in [0.15, 0.2) is 78.9 Å². The van der Waals surface area contributed by atoms with Crippen LogP contribution in [0.4, 0.5) is 0 Å². The van der Waals surface area contributed by atoms with Gasteiger partial charge in [-0.2, -0.15) is 0 Å². The first-order valence-electron chi connectivity index (χ1n) is 13.3. The summed E-state index contributed by atoms with van der Waals surface area (Å²) < 4.78 is 12.1. The highest BCUT2D eigenvalue weighted by Crippen LogP contribution is 2.40. The van der Waals surface area contributed by atoms with Crippen LogP contribution < -0.4 is 9.47 Å². The Labute approximate surface area is 217 Å². The monoisotopic (exact) mass is 486 g/mol. The molecule has 0 amide bonds. The normalized spacial score (nSPS) is 13.6. The molecule has 0 saturated carbocycles. The van der Waals surface area contributed by atoms with Gasteiger partial charge in [0.05, 0.1) is 5.41 Å². The predicted molar refractivity (Wildman–Crippen MR) is 149 cm³/mol. The Morgan fingerprint density at radius 2 is 1.06 bits per heavy atom. The minimum absolute atomic E-state index is 0.164. The first-order chi connectivity index (χ1) is 17.1. The molecule has 0 aliphatic rings. The van der Waals surface area contributed by atoms with Gasteiger partial charge in [0.2, 0.25) is 0 Å². The van der Waals surface area contributed by atoms with Crippen LogP contribution in [0, 0.1) is 5.41 Å². The molecule has 0 radical (unpaired) electrons. The Hall–Kier alpha value is -3.07. The summed E-state index contributed by atoms with van der Waals surface area (Å²) in [6.45, 7) is 14.8. The molecule has 36 heavy (non-hydrogen) atoms. The van der Waals surface area contributed by atoms with Gasteiger partial charge in [-0.25, -0.2) is 0 Å². The third-order valence-electron chi connectivity index (χ3n) is 8.34. The third kappa shape index (κ3) is 5.67. The van der Waals surface area contributed by atoms with Crippen molar-refractivity contribution >= 4 is 5.97 Å². The number of ether oxygens (including phenoxy) is 2. The van der Waals surface area contributed by atoms with E-state index in [0.717, 1.165) is 37.0 Å². The zero-order valence-corrected chi connectivity index (χ0v) is 23.1. The Balaban J connectivity index is 1.96. The van der Waals surface area contributed by atoms with Crippen LogP contribution in [-0.4, -0.2) is 11.6 Å². The molecule has 0 heterocycles. The summed E-state index contributed by atoms with van der Waals surface area (Å²) in [6, 6.07) is 27.0. The smallest absolute Gasteiger partial charge is 0.317 e. The summed E-state index contributed by atoms with van der Waals surface area (Å²) in [4.78, 5) is 12.8. The molecule has 3 rings (SSSR count). The first-order valence-corrected chi connectivity index (χ1v) is 13.3. The van der Waals surface area contributed by atoms with Gasteiger partial charge in [-0.05, 0) is 87.4 Å². The SMILES string of the molecule is CCC(C)(CC)Oc1ccc(C(C)(c2ccccc2)c2ccc(OC(=O)C(C)(CC)CC)cc2)cc1. The fourth-order valence-electron chi connectivity index (χ4n) is 4.43. The van der Waals surface area contributed by atoms with E-state index in [2.05, 4.69) is 88.4 Å². The van der Waals surface area contributed by atoms with Crippen LogP contribution in [-0.2, 0) is 10.2 Å². The van der Waals surface area contributed by atoms with Gasteiger partial charge in [-0.15, -0.1) is 0 Å². The Kier molecular flexibility index (Phi) is 8.66. The van der Waals surface area contributed by atoms with Crippen molar-refractivity contribution in [2.24, 2.45) is 5.41 Å². The van der Waals surface area contributed by atoms with Gasteiger partial charge in [0.15, 0.2) is 0 Å². The minimum Gasteiger partial charge on any atom is -0.488 e. The molecule has 0 aromatic heterocycles. The van der Waals surface area contributed by atoms with E-state index in [-0.39, 0.29) is 17.0 Å². The molecular weight excluding hydrogens is 444 g/mol. The lowest BCUT2D eigenvalue weighted by atomic mass is 9.71. The molecule has 0 spiro atoms. The average Bonchev–Trinajstić information content (AvgIpc) is 2.93. The molecule has 0 bridgehead atoms. The molecule has 0 saturated heterocycles. The van der Waals surface area contributed by atoms with Gasteiger partial charge in [0.1, 0.15) is 17.1 Å². The highest BCUT2D eigenvalue weighted by atomic mass is 16.5. The Morgan fingerprint density at radius 1 is 0.611 bits per heavy atom. The van der Waals surface area contributed by atoms with Crippen molar-refractivity contribution in [1.82, 2.24) is 0 Å². The summed E-state index contributed by atoms with van der Waals surface area (Å²) in [6.07, 6.45) is 3.42. The number of hydrogen-bond acceptors (Lipinski definition) is 3. The molecule has 1 unspecified atom stereocenters. The van der Waals surface area contributed by atoms with Gasteiger partial charge in [-0.1, -0.05) is 82.3 Å². The van der Waals surface area contributed by atoms with Crippen molar-refractivity contribution in [2.45, 2.75) is 85.2 Å². The van der Waals surface area contributed by atoms with Crippen molar-refractivity contribution in [1.29, 1.82) is 0 Å². The maximum atomic E-state index is 12.8. The van der Waals surface area contributed by atoms with E-state index in [1.165, 1.54) is 11.1 Å². The number of hydrogen-bond donors (Lipinski definition) is 0. The van der Waals surface area contributed by atoms with Gasteiger partial charge in [-0.3, -0.25) is 4.79 Å². The third-order valence-corrected chi connectivity index (χ3v) is 8.34. The molecule has 3 aromatic rings. The van der Waals surface area contributed by atoms with Crippen molar-refractivity contribution < 1.29 is 14.3 Å². The quantitative estimate of drug-likeness (QED) is 0.154. The van der Waals surface area contributed by atoms with Crippen molar-refractivity contribution in [3.05, 3.63) is 95.6 Å². The van der Waals surface area contributed by atoms with Crippen LogP contribution in [0.2, 0.25) is 0 Å². The molecule has 1 atom stereocenters. The highest BCUT2D eigenvalue weighted by molar-refractivity contribution is 5.78. The van der Waals surface area contributed by atoms with Crippen LogP contribution >= 0.6 is 0 Å². The van der Waals surface area contributed by atoms with Gasteiger partial charge in [0, 0.05) is 5.41 Å². The highest BCUT2D eigenvalue weighted by Gasteiger charge is 2.33. The predicted octanol–water partition coefficient (Wildman–Crippen LogP) is 8.73. The number of esters is 1. The second-order valence-corrected chi connectivity index (χ2v) is 10.5. The van der Waals surface area contributed by atoms with E-state index in [1.807, 2.05) is 39.0 Å². The van der Waals surface area contributed by atoms with E-state index >= 15 is 0 Å². The molecule has 3 aromatic carbocycles. The molecule has 0 aliphatic heterocycles. The van der Waals surface area contributed by atoms with E-state index in [9.17, 15) is 4.79 Å². The van der Waals surface area contributed by atoms with Gasteiger partial charge >= 0.3 is 5.97 Å². The second-order valence-electron chi connectivity index (χ2n) is 10.5. The van der Waals surface area contributed by atoms with Crippen LogP contribution in [0.3, 0.4) is 0 Å². The van der Waals surface area contributed by atoms with Crippen LogP contribution in [0.25, 0.3) is 0 Å². The summed E-state index contributed by atoms with van der Waals surface area (Å²) in [7, 11) is 0. The zero-order chi connectivity index (χ0) is 26.4. The Bertz CT molecular complexity index is 1110. The van der Waals surface area contributed by atoms with Crippen LogP contribution in [0.1, 0.15) is 90.8 Å². The van der Waals surface area contributed by atoms with E-state index < -0.39 is 5.41 Å². The summed E-state index contributed by atoms with van der Waals surface area (Å²) in [5, 5.41) is 0. The number of carbonyl (C=O) groups excluding carboxylic acids is 1. The van der Waals surface area contributed by atoms with Gasteiger partial charge < -0.3 is 9.47 Å². The summed E-state index contributed by atoms with van der Waals surface area (Å²) >= 11 is 0. The molecule has 0 fully saturated rings. The molecule has 0 aliphatic carbocycles. The molecule has 3 nitrogen and oxygen atoms in total. The topological polar surface area (TPSA) is 35.5 Å². The van der Waals surface area contributed by atoms with Crippen LogP contribution in [0.5, 0.6) is 11.5 Å². The lowest BCUT2D eigenvalue weighted by molar-refractivity contribution is -0.145. The fourth-order valence-corrected chi connectivity index (χ4v) is 4.43. The number of rotatable bonds is 11. The largest absolute Gasteiger partial charge is 0.488 e. The summed E-state index contributed by atoms with van der Waals surface area (Å²) in [5.41, 5.74) is 2.48. The van der Waals surface area contributed by atoms with Crippen molar-refractivity contribution in [3.63, 3.8) is 0 Å². The fraction of sp³-hybridized carbons (Fsp3) is 0.424. The molecule has 3 heteroatoms. The maximum absolute atomic E-state index is 12.8. The maximum Gasteiger partial charge on any atom is 0.317 e. The summed E-state index contributed by atoms with van der Waals surface area (Å²) in [5.74, 6) is 1.29. The van der Waals surface area contributed by atoms with E-state index in [0.29, 0.717) is 5.75 Å². The number of benzene rings is 3.